The van der Waals surface area contributed by atoms with Gasteiger partial charge in [-0.3, -0.25) is 4.79 Å². The number of alkyl halides is 3. The van der Waals surface area contributed by atoms with Crippen LogP contribution in [0, 0.1) is 5.92 Å². The zero-order chi connectivity index (χ0) is 15.6. The predicted molar refractivity (Wildman–Crippen MR) is 69.5 cm³/mol. The molecule has 8 heteroatoms. The lowest BCUT2D eigenvalue weighted by Crippen LogP contribution is -2.52. The molecule has 0 radical (unpaired) electrons. The van der Waals surface area contributed by atoms with Crippen molar-refractivity contribution in [2.24, 2.45) is 5.92 Å². The van der Waals surface area contributed by atoms with Crippen LogP contribution >= 0.6 is 0 Å². The Morgan fingerprint density at radius 3 is 2.52 bits per heavy atom. The van der Waals surface area contributed by atoms with Crippen LogP contribution < -0.4 is 5.32 Å². The average Bonchev–Trinajstić information content (AvgIpc) is 2.74. The number of hydrogen-bond donors (Lipinski definition) is 1. The summed E-state index contributed by atoms with van der Waals surface area (Å²) in [5.74, 6) is -1.88. The van der Waals surface area contributed by atoms with Crippen molar-refractivity contribution in [3.05, 3.63) is 0 Å². The number of carbonyl (C=O) groups is 2. The standard InChI is InChI=1S/C13H20F3N3O2/c1-2-5-17-12(21)19-7-9-3-4-10(19)8-18(6-9)11(20)13(14,15)16/h9-10H,2-8H2,1H3,(H,17,21). The van der Waals surface area contributed by atoms with E-state index in [2.05, 4.69) is 5.32 Å². The van der Waals surface area contributed by atoms with Crippen molar-refractivity contribution in [3.63, 3.8) is 0 Å². The first-order chi connectivity index (χ1) is 9.82. The molecular weight excluding hydrogens is 287 g/mol. The number of piperidine rings is 1. The molecule has 3 rings (SSSR count). The van der Waals surface area contributed by atoms with E-state index in [0.29, 0.717) is 19.5 Å². The molecule has 2 atom stereocenters. The molecule has 3 aliphatic heterocycles. The van der Waals surface area contributed by atoms with Gasteiger partial charge in [0.2, 0.25) is 0 Å². The van der Waals surface area contributed by atoms with E-state index < -0.39 is 12.1 Å². The molecule has 2 unspecified atom stereocenters. The number of nitrogens with zero attached hydrogens (tertiary/aromatic N) is 2. The smallest absolute Gasteiger partial charge is 0.338 e. The molecule has 1 N–H and O–H groups in total. The molecule has 2 bridgehead atoms. The second-order valence-corrected chi connectivity index (χ2v) is 5.69. The van der Waals surface area contributed by atoms with Crippen LogP contribution in [0.1, 0.15) is 26.2 Å². The molecule has 0 aliphatic carbocycles. The molecule has 120 valence electrons. The van der Waals surface area contributed by atoms with Crippen LogP contribution in [-0.4, -0.2) is 60.1 Å². The number of urea groups is 1. The van der Waals surface area contributed by atoms with E-state index in [4.69, 9.17) is 0 Å². The molecule has 0 aromatic heterocycles. The minimum atomic E-state index is -4.85. The number of hydrogen-bond acceptors (Lipinski definition) is 2. The van der Waals surface area contributed by atoms with Gasteiger partial charge < -0.3 is 15.1 Å². The van der Waals surface area contributed by atoms with Gasteiger partial charge in [-0.2, -0.15) is 13.2 Å². The fourth-order valence-electron chi connectivity index (χ4n) is 3.01. The maximum Gasteiger partial charge on any atom is 0.471 e. The summed E-state index contributed by atoms with van der Waals surface area (Å²) in [5, 5.41) is 2.75. The topological polar surface area (TPSA) is 52.7 Å². The number of carbonyl (C=O) groups excluding carboxylic acids is 2. The SMILES string of the molecule is CCCNC(=O)N1CC2CCC1CN(C(=O)C(F)(F)F)C2. The molecule has 3 heterocycles. The maximum atomic E-state index is 12.6. The van der Waals surface area contributed by atoms with Crippen molar-refractivity contribution in [1.82, 2.24) is 15.1 Å². The molecule has 0 aromatic carbocycles. The highest BCUT2D eigenvalue weighted by Gasteiger charge is 2.46. The highest BCUT2D eigenvalue weighted by atomic mass is 19.4. The lowest BCUT2D eigenvalue weighted by atomic mass is 9.95. The van der Waals surface area contributed by atoms with E-state index in [-0.39, 0.29) is 31.1 Å². The Balaban J connectivity index is 2.07. The minimum absolute atomic E-state index is 0.0333. The molecule has 21 heavy (non-hydrogen) atoms. The number of amides is 3. The largest absolute Gasteiger partial charge is 0.471 e. The monoisotopic (exact) mass is 307 g/mol. The number of fused-ring (bicyclic) bond motifs is 4. The summed E-state index contributed by atoms with van der Waals surface area (Å²) in [5.41, 5.74) is 0. The maximum absolute atomic E-state index is 12.6. The van der Waals surface area contributed by atoms with Crippen molar-refractivity contribution in [2.45, 2.75) is 38.4 Å². The second-order valence-electron chi connectivity index (χ2n) is 5.69. The number of nitrogens with one attached hydrogen (secondary N) is 1. The van der Waals surface area contributed by atoms with Crippen molar-refractivity contribution >= 4 is 11.9 Å². The quantitative estimate of drug-likeness (QED) is 0.842. The van der Waals surface area contributed by atoms with Crippen LogP contribution in [0.25, 0.3) is 0 Å². The Hall–Kier alpha value is -1.47. The molecule has 3 amide bonds. The van der Waals surface area contributed by atoms with E-state index in [1.54, 1.807) is 4.90 Å². The summed E-state index contributed by atoms with van der Waals surface area (Å²) in [6.07, 6.45) is -2.65. The molecule has 3 fully saturated rings. The van der Waals surface area contributed by atoms with Crippen molar-refractivity contribution in [3.8, 4) is 0 Å². The van der Waals surface area contributed by atoms with Gasteiger partial charge in [-0.25, -0.2) is 4.79 Å². The molecular formula is C13H20F3N3O2. The van der Waals surface area contributed by atoms with E-state index in [9.17, 15) is 22.8 Å². The van der Waals surface area contributed by atoms with Gasteiger partial charge in [0.25, 0.3) is 0 Å². The fourth-order valence-corrected chi connectivity index (χ4v) is 3.01. The molecule has 0 saturated carbocycles. The first-order valence-corrected chi connectivity index (χ1v) is 7.23. The summed E-state index contributed by atoms with van der Waals surface area (Å²) in [4.78, 5) is 25.9. The lowest BCUT2D eigenvalue weighted by Gasteiger charge is -2.35. The highest BCUT2D eigenvalue weighted by molar-refractivity contribution is 5.82. The van der Waals surface area contributed by atoms with E-state index in [1.165, 1.54) is 0 Å². The molecule has 5 nitrogen and oxygen atoms in total. The van der Waals surface area contributed by atoms with Crippen molar-refractivity contribution in [1.29, 1.82) is 0 Å². The average molecular weight is 307 g/mol. The summed E-state index contributed by atoms with van der Waals surface area (Å²) < 4.78 is 37.7. The summed E-state index contributed by atoms with van der Waals surface area (Å²) in [7, 11) is 0. The van der Waals surface area contributed by atoms with Crippen LogP contribution in [0.3, 0.4) is 0 Å². The molecule has 3 aliphatic rings. The van der Waals surface area contributed by atoms with Gasteiger partial charge in [-0.05, 0) is 25.2 Å². The van der Waals surface area contributed by atoms with Gasteiger partial charge in [0.05, 0.1) is 6.04 Å². The zero-order valence-corrected chi connectivity index (χ0v) is 11.9. The molecule has 0 aromatic rings. The van der Waals surface area contributed by atoms with Gasteiger partial charge in [-0.15, -0.1) is 0 Å². The third-order valence-electron chi connectivity index (χ3n) is 4.03. The van der Waals surface area contributed by atoms with E-state index >= 15 is 0 Å². The lowest BCUT2D eigenvalue weighted by molar-refractivity contribution is -0.185. The van der Waals surface area contributed by atoms with Crippen LogP contribution in [0.15, 0.2) is 0 Å². The van der Waals surface area contributed by atoms with Gasteiger partial charge in [-0.1, -0.05) is 6.92 Å². The Kier molecular flexibility index (Phi) is 4.63. The van der Waals surface area contributed by atoms with Crippen LogP contribution in [0.4, 0.5) is 18.0 Å². The highest BCUT2D eigenvalue weighted by Crippen LogP contribution is 2.30. The first-order valence-electron chi connectivity index (χ1n) is 7.23. The molecule has 3 saturated heterocycles. The number of halogens is 3. The predicted octanol–water partition coefficient (Wildman–Crippen LogP) is 1.59. The summed E-state index contributed by atoms with van der Waals surface area (Å²) in [6, 6.07) is -0.570. The zero-order valence-electron chi connectivity index (χ0n) is 11.9. The third-order valence-corrected chi connectivity index (χ3v) is 4.03. The second kappa shape index (κ2) is 6.11. The van der Waals surface area contributed by atoms with Gasteiger partial charge in [0, 0.05) is 26.2 Å². The van der Waals surface area contributed by atoms with Gasteiger partial charge >= 0.3 is 18.1 Å². The Labute approximate surface area is 121 Å². The van der Waals surface area contributed by atoms with Crippen LogP contribution in [0.5, 0.6) is 0 Å². The molecule has 0 spiro atoms. The van der Waals surface area contributed by atoms with E-state index in [1.807, 2.05) is 6.92 Å². The summed E-state index contributed by atoms with van der Waals surface area (Å²) in [6.45, 7) is 2.93. The van der Waals surface area contributed by atoms with Crippen LogP contribution in [-0.2, 0) is 4.79 Å². The summed E-state index contributed by atoms with van der Waals surface area (Å²) >= 11 is 0. The van der Waals surface area contributed by atoms with Crippen molar-refractivity contribution in [2.75, 3.05) is 26.2 Å². The van der Waals surface area contributed by atoms with Crippen LogP contribution in [0.2, 0.25) is 0 Å². The Bertz CT molecular complexity index is 414. The van der Waals surface area contributed by atoms with E-state index in [0.717, 1.165) is 17.7 Å². The third kappa shape index (κ3) is 3.59. The Morgan fingerprint density at radius 1 is 1.19 bits per heavy atom. The van der Waals surface area contributed by atoms with Crippen molar-refractivity contribution < 1.29 is 22.8 Å². The fraction of sp³-hybridized carbons (Fsp3) is 0.846. The normalized spacial score (nSPS) is 25.7. The minimum Gasteiger partial charge on any atom is -0.338 e. The van der Waals surface area contributed by atoms with Gasteiger partial charge in [0.15, 0.2) is 0 Å². The first kappa shape index (κ1) is 15.9. The number of rotatable bonds is 2. The Morgan fingerprint density at radius 2 is 1.90 bits per heavy atom. The van der Waals surface area contributed by atoms with Gasteiger partial charge in [0.1, 0.15) is 0 Å².